The van der Waals surface area contributed by atoms with Crippen molar-refractivity contribution in [3.63, 3.8) is 0 Å². The van der Waals surface area contributed by atoms with Gasteiger partial charge in [0.15, 0.2) is 0 Å². The fourth-order valence-electron chi connectivity index (χ4n) is 3.89. The molecule has 0 saturated carbocycles. The van der Waals surface area contributed by atoms with Crippen LogP contribution in [0.25, 0.3) is 0 Å². The SMILES string of the molecule is CC(C)(C)c1ccc(CC2(O)CCN3CCCC32)cc1. The summed E-state index contributed by atoms with van der Waals surface area (Å²) < 4.78 is 0. The van der Waals surface area contributed by atoms with Crippen LogP contribution in [-0.4, -0.2) is 34.7 Å². The Morgan fingerprint density at radius 1 is 1.20 bits per heavy atom. The Labute approximate surface area is 122 Å². The lowest BCUT2D eigenvalue weighted by Gasteiger charge is -2.30. The lowest BCUT2D eigenvalue weighted by Crippen LogP contribution is -2.43. The molecule has 2 unspecified atom stereocenters. The summed E-state index contributed by atoms with van der Waals surface area (Å²) in [5.41, 5.74) is 2.33. The zero-order valence-corrected chi connectivity index (χ0v) is 13.0. The van der Waals surface area contributed by atoms with Crippen molar-refractivity contribution in [2.24, 2.45) is 0 Å². The van der Waals surface area contributed by atoms with Gasteiger partial charge in [-0.1, -0.05) is 45.0 Å². The largest absolute Gasteiger partial charge is 0.388 e. The third kappa shape index (κ3) is 2.51. The first-order valence-electron chi connectivity index (χ1n) is 7.94. The number of fused-ring (bicyclic) bond motifs is 1. The Kier molecular flexibility index (Phi) is 3.42. The lowest BCUT2D eigenvalue weighted by molar-refractivity contribution is 0.0141. The van der Waals surface area contributed by atoms with Crippen LogP contribution in [0.4, 0.5) is 0 Å². The van der Waals surface area contributed by atoms with E-state index >= 15 is 0 Å². The summed E-state index contributed by atoms with van der Waals surface area (Å²) in [6.07, 6.45) is 4.14. The second-order valence-electron chi connectivity index (χ2n) is 7.67. The van der Waals surface area contributed by atoms with Crippen molar-refractivity contribution in [1.82, 2.24) is 4.90 Å². The van der Waals surface area contributed by atoms with Gasteiger partial charge in [0.05, 0.1) is 5.60 Å². The molecule has 2 aliphatic rings. The molecule has 0 aliphatic carbocycles. The normalized spacial score (nSPS) is 30.7. The van der Waals surface area contributed by atoms with Gasteiger partial charge in [-0.3, -0.25) is 4.90 Å². The Bertz CT molecular complexity index is 473. The van der Waals surface area contributed by atoms with Crippen molar-refractivity contribution < 1.29 is 5.11 Å². The second-order valence-corrected chi connectivity index (χ2v) is 7.67. The van der Waals surface area contributed by atoms with Crippen molar-refractivity contribution >= 4 is 0 Å². The van der Waals surface area contributed by atoms with Crippen molar-refractivity contribution in [1.29, 1.82) is 0 Å². The molecule has 0 aromatic heterocycles. The summed E-state index contributed by atoms with van der Waals surface area (Å²) in [6, 6.07) is 9.25. The molecule has 2 fully saturated rings. The van der Waals surface area contributed by atoms with Gasteiger partial charge < -0.3 is 5.11 Å². The number of hydrogen-bond acceptors (Lipinski definition) is 2. The van der Waals surface area contributed by atoms with Gasteiger partial charge in [0.1, 0.15) is 0 Å². The van der Waals surface area contributed by atoms with E-state index in [0.717, 1.165) is 25.8 Å². The fraction of sp³-hybridized carbons (Fsp3) is 0.667. The minimum absolute atomic E-state index is 0.199. The van der Waals surface area contributed by atoms with Gasteiger partial charge in [0.25, 0.3) is 0 Å². The highest BCUT2D eigenvalue weighted by atomic mass is 16.3. The third-order valence-corrected chi connectivity index (χ3v) is 5.15. The molecule has 2 heteroatoms. The van der Waals surface area contributed by atoms with E-state index in [2.05, 4.69) is 49.9 Å². The van der Waals surface area contributed by atoms with E-state index in [9.17, 15) is 5.11 Å². The molecular formula is C18H27NO. The number of nitrogens with zero attached hydrogens (tertiary/aromatic N) is 1. The van der Waals surface area contributed by atoms with Crippen LogP contribution in [0.15, 0.2) is 24.3 Å². The summed E-state index contributed by atoms with van der Waals surface area (Å²) in [5.74, 6) is 0. The predicted molar refractivity (Wildman–Crippen MR) is 83.0 cm³/mol. The molecule has 2 nitrogen and oxygen atoms in total. The van der Waals surface area contributed by atoms with E-state index in [4.69, 9.17) is 0 Å². The molecule has 20 heavy (non-hydrogen) atoms. The molecule has 2 aliphatic heterocycles. The monoisotopic (exact) mass is 273 g/mol. The molecule has 1 aromatic carbocycles. The minimum atomic E-state index is -0.500. The van der Waals surface area contributed by atoms with Crippen LogP contribution in [0, 0.1) is 0 Å². The summed E-state index contributed by atoms with van der Waals surface area (Å²) in [7, 11) is 0. The van der Waals surface area contributed by atoms with Crippen LogP contribution >= 0.6 is 0 Å². The van der Waals surface area contributed by atoms with Crippen LogP contribution in [0.2, 0.25) is 0 Å². The standard InChI is InChI=1S/C18H27NO/c1-17(2,3)15-8-6-14(7-9-15)13-18(20)10-12-19-11-4-5-16(18)19/h6-9,16,20H,4-5,10-13H2,1-3H3. The van der Waals surface area contributed by atoms with E-state index in [1.165, 1.54) is 24.1 Å². The predicted octanol–water partition coefficient (Wildman–Crippen LogP) is 3.13. The zero-order chi connectivity index (χ0) is 14.4. The highest BCUT2D eigenvalue weighted by molar-refractivity contribution is 5.29. The molecule has 110 valence electrons. The Hall–Kier alpha value is -0.860. The van der Waals surface area contributed by atoms with E-state index in [1.54, 1.807) is 0 Å². The van der Waals surface area contributed by atoms with Crippen LogP contribution in [0.1, 0.15) is 51.2 Å². The van der Waals surface area contributed by atoms with Gasteiger partial charge in [0.2, 0.25) is 0 Å². The van der Waals surface area contributed by atoms with Gasteiger partial charge in [-0.2, -0.15) is 0 Å². The third-order valence-electron chi connectivity index (χ3n) is 5.15. The van der Waals surface area contributed by atoms with Gasteiger partial charge >= 0.3 is 0 Å². The lowest BCUT2D eigenvalue weighted by atomic mass is 9.83. The first-order chi connectivity index (χ1) is 9.38. The van der Waals surface area contributed by atoms with Crippen LogP contribution in [-0.2, 0) is 11.8 Å². The smallest absolute Gasteiger partial charge is 0.0854 e. The van der Waals surface area contributed by atoms with E-state index < -0.39 is 5.60 Å². The molecule has 2 atom stereocenters. The van der Waals surface area contributed by atoms with Crippen molar-refractivity contribution in [3.05, 3.63) is 35.4 Å². The average Bonchev–Trinajstić information content (AvgIpc) is 2.94. The van der Waals surface area contributed by atoms with Crippen molar-refractivity contribution in [2.75, 3.05) is 13.1 Å². The van der Waals surface area contributed by atoms with Gasteiger partial charge in [-0.15, -0.1) is 0 Å². The van der Waals surface area contributed by atoms with Crippen LogP contribution < -0.4 is 0 Å². The van der Waals surface area contributed by atoms with Crippen molar-refractivity contribution in [3.8, 4) is 0 Å². The second kappa shape index (κ2) is 4.85. The van der Waals surface area contributed by atoms with Gasteiger partial charge in [0, 0.05) is 19.0 Å². The summed E-state index contributed by atoms with van der Waals surface area (Å²) >= 11 is 0. The van der Waals surface area contributed by atoms with E-state index in [-0.39, 0.29) is 5.41 Å². The van der Waals surface area contributed by atoms with E-state index in [1.807, 2.05) is 0 Å². The average molecular weight is 273 g/mol. The van der Waals surface area contributed by atoms with E-state index in [0.29, 0.717) is 6.04 Å². The number of aliphatic hydroxyl groups is 1. The Morgan fingerprint density at radius 3 is 2.55 bits per heavy atom. The maximum absolute atomic E-state index is 11.0. The zero-order valence-electron chi connectivity index (χ0n) is 13.0. The molecule has 2 heterocycles. The molecule has 0 radical (unpaired) electrons. The molecule has 1 aromatic rings. The van der Waals surface area contributed by atoms with Crippen LogP contribution in [0.3, 0.4) is 0 Å². The molecule has 0 amide bonds. The number of hydrogen-bond donors (Lipinski definition) is 1. The molecule has 3 rings (SSSR count). The summed E-state index contributed by atoms with van der Waals surface area (Å²) in [4.78, 5) is 2.48. The quantitative estimate of drug-likeness (QED) is 0.895. The van der Waals surface area contributed by atoms with Crippen LogP contribution in [0.5, 0.6) is 0 Å². The van der Waals surface area contributed by atoms with Crippen molar-refractivity contribution in [2.45, 2.75) is 63.5 Å². The number of benzene rings is 1. The van der Waals surface area contributed by atoms with Gasteiger partial charge in [-0.05, 0) is 42.3 Å². The molecule has 2 saturated heterocycles. The molecular weight excluding hydrogens is 246 g/mol. The fourth-order valence-corrected chi connectivity index (χ4v) is 3.89. The maximum atomic E-state index is 11.0. The Balaban J connectivity index is 1.74. The highest BCUT2D eigenvalue weighted by Crippen LogP contribution is 2.38. The maximum Gasteiger partial charge on any atom is 0.0854 e. The van der Waals surface area contributed by atoms with Gasteiger partial charge in [-0.25, -0.2) is 0 Å². The molecule has 0 bridgehead atoms. The first kappa shape index (κ1) is 14.1. The first-order valence-corrected chi connectivity index (χ1v) is 7.94. The summed E-state index contributed by atoms with van der Waals surface area (Å²) in [6.45, 7) is 8.96. The topological polar surface area (TPSA) is 23.5 Å². The Morgan fingerprint density at radius 2 is 1.90 bits per heavy atom. The molecule has 1 N–H and O–H groups in total. The minimum Gasteiger partial charge on any atom is -0.388 e. The molecule has 0 spiro atoms. The summed E-state index contributed by atoms with van der Waals surface area (Å²) in [5, 5.41) is 11.0. The highest BCUT2D eigenvalue weighted by Gasteiger charge is 2.47. The number of rotatable bonds is 2.